The Balaban J connectivity index is 3.44. The van der Waals surface area contributed by atoms with Crippen LogP contribution in [0.3, 0.4) is 0 Å². The fourth-order valence-corrected chi connectivity index (χ4v) is 1.17. The van der Waals surface area contributed by atoms with E-state index in [1.807, 2.05) is 6.07 Å². The normalized spacial score (nSPS) is 9.31. The molecule has 3 nitrogen and oxygen atoms in total. The predicted molar refractivity (Wildman–Crippen MR) is 50.3 cm³/mol. The van der Waals surface area contributed by atoms with Crippen LogP contribution in [0.25, 0.3) is 0 Å². The highest BCUT2D eigenvalue weighted by Gasteiger charge is 2.08. The van der Waals surface area contributed by atoms with Crippen molar-refractivity contribution in [3.8, 4) is 6.07 Å². The third kappa shape index (κ3) is 1.67. The van der Waals surface area contributed by atoms with Crippen molar-refractivity contribution < 1.29 is 4.79 Å². The molecule has 66 valence electrons. The van der Waals surface area contributed by atoms with Gasteiger partial charge in [0.2, 0.25) is 0 Å². The van der Waals surface area contributed by atoms with Gasteiger partial charge >= 0.3 is 0 Å². The lowest BCUT2D eigenvalue weighted by Gasteiger charge is -2.05. The third-order valence-electron chi connectivity index (χ3n) is 1.96. The number of nitrogen functional groups attached to an aromatic ring is 1. The number of Topliss-reactive ketones (excluding diaryl/α,β-unsaturated/α-hetero) is 1. The molecule has 0 saturated heterocycles. The van der Waals surface area contributed by atoms with E-state index in [0.29, 0.717) is 16.8 Å². The van der Waals surface area contributed by atoms with Crippen molar-refractivity contribution in [2.45, 2.75) is 13.8 Å². The first-order chi connectivity index (χ1) is 6.06. The van der Waals surface area contributed by atoms with Gasteiger partial charge in [0.25, 0.3) is 0 Å². The highest BCUT2D eigenvalue weighted by atomic mass is 16.1. The molecule has 0 amide bonds. The number of benzene rings is 1. The van der Waals surface area contributed by atoms with Gasteiger partial charge in [0, 0.05) is 11.3 Å². The molecular formula is C10H10N2O. The summed E-state index contributed by atoms with van der Waals surface area (Å²) in [6.45, 7) is 3.23. The van der Waals surface area contributed by atoms with Gasteiger partial charge in [-0.05, 0) is 31.5 Å². The quantitative estimate of drug-likeness (QED) is 0.520. The molecule has 1 rings (SSSR count). The van der Waals surface area contributed by atoms with Crippen molar-refractivity contribution in [3.05, 3.63) is 28.8 Å². The molecule has 1 aromatic rings. The molecule has 0 unspecified atom stereocenters. The van der Waals surface area contributed by atoms with Crippen LogP contribution >= 0.6 is 0 Å². The molecule has 0 spiro atoms. The van der Waals surface area contributed by atoms with Crippen LogP contribution in [-0.2, 0) is 0 Å². The lowest BCUT2D eigenvalue weighted by Crippen LogP contribution is -2.01. The highest BCUT2D eigenvalue weighted by Crippen LogP contribution is 2.18. The van der Waals surface area contributed by atoms with Gasteiger partial charge in [0.05, 0.1) is 11.6 Å². The first-order valence-electron chi connectivity index (χ1n) is 3.87. The van der Waals surface area contributed by atoms with Gasteiger partial charge in [0.15, 0.2) is 5.78 Å². The van der Waals surface area contributed by atoms with E-state index in [1.54, 1.807) is 19.1 Å². The summed E-state index contributed by atoms with van der Waals surface area (Å²) in [4.78, 5) is 11.1. The van der Waals surface area contributed by atoms with Crippen molar-refractivity contribution in [1.29, 1.82) is 5.26 Å². The maximum atomic E-state index is 11.1. The van der Waals surface area contributed by atoms with Crippen LogP contribution in [0.2, 0.25) is 0 Å². The molecule has 13 heavy (non-hydrogen) atoms. The van der Waals surface area contributed by atoms with Crippen LogP contribution in [0.15, 0.2) is 12.1 Å². The van der Waals surface area contributed by atoms with Crippen LogP contribution in [0.1, 0.15) is 28.4 Å². The summed E-state index contributed by atoms with van der Waals surface area (Å²) >= 11 is 0. The summed E-state index contributed by atoms with van der Waals surface area (Å²) < 4.78 is 0. The Kier molecular flexibility index (Phi) is 2.34. The number of carbonyl (C=O) groups excluding carboxylic acids is 1. The summed E-state index contributed by atoms with van der Waals surface area (Å²) in [5.41, 5.74) is 7.81. The number of carbonyl (C=O) groups is 1. The second-order valence-electron chi connectivity index (χ2n) is 2.91. The molecule has 0 aliphatic heterocycles. The highest BCUT2D eigenvalue weighted by molar-refractivity contribution is 5.97. The Labute approximate surface area is 76.8 Å². The number of hydrogen-bond acceptors (Lipinski definition) is 3. The van der Waals surface area contributed by atoms with Crippen LogP contribution in [0, 0.1) is 18.3 Å². The Morgan fingerprint density at radius 1 is 1.54 bits per heavy atom. The van der Waals surface area contributed by atoms with Gasteiger partial charge in [-0.3, -0.25) is 4.79 Å². The molecule has 0 saturated carbocycles. The van der Waals surface area contributed by atoms with Gasteiger partial charge in [0.1, 0.15) is 0 Å². The molecule has 0 heterocycles. The number of ketones is 1. The van der Waals surface area contributed by atoms with Gasteiger partial charge in [-0.25, -0.2) is 0 Å². The molecule has 0 bridgehead atoms. The second-order valence-corrected chi connectivity index (χ2v) is 2.91. The minimum absolute atomic E-state index is 0.0682. The van der Waals surface area contributed by atoms with Gasteiger partial charge < -0.3 is 5.73 Å². The number of nitrogens with two attached hydrogens (primary N) is 1. The molecule has 0 atom stereocenters. The average molecular weight is 174 g/mol. The fraction of sp³-hybridized carbons (Fsp3) is 0.200. The molecule has 0 aliphatic rings. The van der Waals surface area contributed by atoms with Gasteiger partial charge in [-0.2, -0.15) is 5.26 Å². The van der Waals surface area contributed by atoms with Crippen molar-refractivity contribution in [1.82, 2.24) is 0 Å². The molecule has 0 radical (unpaired) electrons. The molecular weight excluding hydrogens is 164 g/mol. The van der Waals surface area contributed by atoms with E-state index in [0.717, 1.165) is 5.56 Å². The third-order valence-corrected chi connectivity index (χ3v) is 1.96. The Morgan fingerprint density at radius 2 is 2.15 bits per heavy atom. The zero-order chi connectivity index (χ0) is 10.0. The Hall–Kier alpha value is -1.82. The van der Waals surface area contributed by atoms with Crippen LogP contribution in [-0.4, -0.2) is 5.78 Å². The number of anilines is 1. The maximum Gasteiger partial charge on any atom is 0.160 e. The minimum atomic E-state index is -0.0682. The first-order valence-corrected chi connectivity index (χ1v) is 3.87. The fourth-order valence-electron chi connectivity index (χ4n) is 1.17. The Morgan fingerprint density at radius 3 is 2.62 bits per heavy atom. The van der Waals surface area contributed by atoms with E-state index in [-0.39, 0.29) is 5.78 Å². The van der Waals surface area contributed by atoms with E-state index in [9.17, 15) is 4.79 Å². The summed E-state index contributed by atoms with van der Waals surface area (Å²) in [6, 6.07) is 5.09. The molecule has 1 aromatic carbocycles. The largest absolute Gasteiger partial charge is 0.398 e. The zero-order valence-electron chi connectivity index (χ0n) is 7.59. The van der Waals surface area contributed by atoms with Crippen molar-refractivity contribution in [2.75, 3.05) is 5.73 Å². The molecule has 3 heteroatoms. The number of hydrogen-bond donors (Lipinski definition) is 1. The van der Waals surface area contributed by atoms with Crippen LogP contribution < -0.4 is 5.73 Å². The standard InChI is InChI=1S/C10H10N2O/c1-6-9(7(2)13)3-8(5-11)4-10(6)12/h3-4H,12H2,1-2H3. The second kappa shape index (κ2) is 3.28. The predicted octanol–water partition coefficient (Wildman–Crippen LogP) is 1.65. The maximum absolute atomic E-state index is 11.1. The lowest BCUT2D eigenvalue weighted by molar-refractivity contribution is 0.101. The van der Waals surface area contributed by atoms with Crippen LogP contribution in [0.5, 0.6) is 0 Å². The van der Waals surface area contributed by atoms with E-state index in [1.165, 1.54) is 6.92 Å². The number of rotatable bonds is 1. The lowest BCUT2D eigenvalue weighted by atomic mass is 10.0. The molecule has 0 aliphatic carbocycles. The monoisotopic (exact) mass is 174 g/mol. The minimum Gasteiger partial charge on any atom is -0.398 e. The molecule has 0 aromatic heterocycles. The smallest absolute Gasteiger partial charge is 0.160 e. The summed E-state index contributed by atoms with van der Waals surface area (Å²) in [5.74, 6) is -0.0682. The van der Waals surface area contributed by atoms with Crippen molar-refractivity contribution in [3.63, 3.8) is 0 Å². The summed E-state index contributed by atoms with van der Waals surface area (Å²) in [7, 11) is 0. The van der Waals surface area contributed by atoms with E-state index < -0.39 is 0 Å². The SMILES string of the molecule is CC(=O)c1cc(C#N)cc(N)c1C. The van der Waals surface area contributed by atoms with Crippen LogP contribution in [0.4, 0.5) is 5.69 Å². The molecule has 0 fully saturated rings. The van der Waals surface area contributed by atoms with E-state index in [4.69, 9.17) is 11.0 Å². The zero-order valence-corrected chi connectivity index (χ0v) is 7.59. The number of nitriles is 1. The molecule has 2 N–H and O–H groups in total. The van der Waals surface area contributed by atoms with Crippen molar-refractivity contribution >= 4 is 11.5 Å². The van der Waals surface area contributed by atoms with Gasteiger partial charge in [-0.1, -0.05) is 0 Å². The average Bonchev–Trinajstić information content (AvgIpc) is 2.09. The van der Waals surface area contributed by atoms with E-state index in [2.05, 4.69) is 0 Å². The summed E-state index contributed by atoms with van der Waals surface area (Å²) in [5, 5.41) is 8.64. The van der Waals surface area contributed by atoms with E-state index >= 15 is 0 Å². The topological polar surface area (TPSA) is 66.9 Å². The van der Waals surface area contributed by atoms with Crippen molar-refractivity contribution in [2.24, 2.45) is 0 Å². The first kappa shape index (κ1) is 9.27. The summed E-state index contributed by atoms with van der Waals surface area (Å²) in [6.07, 6.45) is 0. The number of nitrogens with zero attached hydrogens (tertiary/aromatic N) is 1. The Bertz CT molecular complexity index is 402. The van der Waals surface area contributed by atoms with Gasteiger partial charge in [-0.15, -0.1) is 0 Å².